The zero-order chi connectivity index (χ0) is 24.1. The summed E-state index contributed by atoms with van der Waals surface area (Å²) in [6.07, 6.45) is 0. The average Bonchev–Trinajstić information content (AvgIpc) is 3.28. The SMILES string of the molecule is Cc1cccc(-c2cccc(-c3cccc(-c4ccc5sc6cc7ccccc7cc6c5c4)c3)c2)c1. The molecule has 1 heteroatoms. The second-order valence-corrected chi connectivity index (χ2v) is 10.6. The van der Waals surface area contributed by atoms with Gasteiger partial charge in [0.25, 0.3) is 0 Å². The van der Waals surface area contributed by atoms with Gasteiger partial charge in [-0.2, -0.15) is 0 Å². The van der Waals surface area contributed by atoms with Gasteiger partial charge in [-0.15, -0.1) is 11.3 Å². The Kier molecular flexibility index (Phi) is 4.97. The van der Waals surface area contributed by atoms with Gasteiger partial charge in [0.15, 0.2) is 0 Å². The second kappa shape index (κ2) is 8.48. The highest BCUT2D eigenvalue weighted by Crippen LogP contribution is 2.39. The van der Waals surface area contributed by atoms with Crippen LogP contribution in [0.3, 0.4) is 0 Å². The maximum atomic E-state index is 2.37. The second-order valence-electron chi connectivity index (χ2n) is 9.54. The lowest BCUT2D eigenvalue weighted by atomic mass is 9.95. The van der Waals surface area contributed by atoms with E-state index in [-0.39, 0.29) is 0 Å². The van der Waals surface area contributed by atoms with Crippen molar-refractivity contribution >= 4 is 42.3 Å². The molecule has 0 atom stereocenters. The molecule has 0 aliphatic rings. The van der Waals surface area contributed by atoms with Crippen molar-refractivity contribution in [2.24, 2.45) is 0 Å². The Morgan fingerprint density at radius 2 is 0.917 bits per heavy atom. The molecule has 7 aromatic rings. The highest BCUT2D eigenvalue weighted by molar-refractivity contribution is 7.25. The highest BCUT2D eigenvalue weighted by Gasteiger charge is 2.10. The summed E-state index contributed by atoms with van der Waals surface area (Å²) in [6, 6.07) is 46.7. The van der Waals surface area contributed by atoms with Crippen molar-refractivity contribution in [3.05, 3.63) is 133 Å². The van der Waals surface area contributed by atoms with Gasteiger partial charge in [0, 0.05) is 20.2 Å². The lowest BCUT2D eigenvalue weighted by Crippen LogP contribution is -1.84. The van der Waals surface area contributed by atoms with E-state index in [1.165, 1.54) is 69.9 Å². The Bertz CT molecular complexity index is 1900. The molecular formula is C35H24S. The normalized spacial score (nSPS) is 11.5. The third-order valence-corrected chi connectivity index (χ3v) is 8.21. The molecule has 1 aromatic heterocycles. The van der Waals surface area contributed by atoms with Crippen molar-refractivity contribution in [1.82, 2.24) is 0 Å². The fourth-order valence-corrected chi connectivity index (χ4v) is 6.34. The third-order valence-electron chi connectivity index (χ3n) is 7.08. The van der Waals surface area contributed by atoms with Gasteiger partial charge >= 0.3 is 0 Å². The summed E-state index contributed by atoms with van der Waals surface area (Å²) < 4.78 is 2.69. The van der Waals surface area contributed by atoms with Crippen LogP contribution in [-0.4, -0.2) is 0 Å². The van der Waals surface area contributed by atoms with E-state index in [4.69, 9.17) is 0 Å². The van der Waals surface area contributed by atoms with E-state index in [0.29, 0.717) is 0 Å². The Morgan fingerprint density at radius 1 is 0.389 bits per heavy atom. The van der Waals surface area contributed by atoms with E-state index < -0.39 is 0 Å². The summed E-state index contributed by atoms with van der Waals surface area (Å²) in [4.78, 5) is 0. The standard InChI is InChI=1S/C35H24S/c1-23-7-4-10-24(17-23)25-11-5-12-26(18-25)27-13-6-14-28(19-27)31-15-16-34-32(21-31)33-20-29-8-2-3-9-30(29)22-35(33)36-34/h2-22H,1H3. The van der Waals surface area contributed by atoms with Gasteiger partial charge in [-0.25, -0.2) is 0 Å². The van der Waals surface area contributed by atoms with Gasteiger partial charge in [-0.1, -0.05) is 96.6 Å². The Labute approximate surface area is 215 Å². The molecule has 36 heavy (non-hydrogen) atoms. The smallest absolute Gasteiger partial charge is 0.0361 e. The molecule has 0 aliphatic heterocycles. The molecule has 0 unspecified atom stereocenters. The minimum Gasteiger partial charge on any atom is -0.135 e. The van der Waals surface area contributed by atoms with Crippen molar-refractivity contribution in [3.8, 4) is 33.4 Å². The molecule has 1 heterocycles. The van der Waals surface area contributed by atoms with Crippen LogP contribution < -0.4 is 0 Å². The van der Waals surface area contributed by atoms with Crippen LogP contribution in [0.2, 0.25) is 0 Å². The summed E-state index contributed by atoms with van der Waals surface area (Å²) in [6.45, 7) is 2.15. The summed E-state index contributed by atoms with van der Waals surface area (Å²) in [5.74, 6) is 0. The summed E-state index contributed by atoms with van der Waals surface area (Å²) in [5, 5.41) is 5.28. The first kappa shape index (κ1) is 21.1. The van der Waals surface area contributed by atoms with Crippen LogP contribution in [0.5, 0.6) is 0 Å². The molecule has 0 fully saturated rings. The largest absolute Gasteiger partial charge is 0.135 e. The third kappa shape index (κ3) is 3.69. The van der Waals surface area contributed by atoms with Crippen LogP contribution in [0.4, 0.5) is 0 Å². The molecule has 0 aliphatic carbocycles. The van der Waals surface area contributed by atoms with Gasteiger partial charge in [0.1, 0.15) is 0 Å². The van der Waals surface area contributed by atoms with Gasteiger partial charge in [-0.3, -0.25) is 0 Å². The molecular weight excluding hydrogens is 452 g/mol. The van der Waals surface area contributed by atoms with E-state index in [2.05, 4.69) is 134 Å². The first-order valence-corrected chi connectivity index (χ1v) is 13.2. The number of hydrogen-bond acceptors (Lipinski definition) is 1. The molecule has 0 saturated heterocycles. The summed E-state index contributed by atoms with van der Waals surface area (Å²) >= 11 is 1.88. The van der Waals surface area contributed by atoms with Crippen molar-refractivity contribution in [2.45, 2.75) is 6.92 Å². The Hall–Kier alpha value is -4.20. The maximum Gasteiger partial charge on any atom is 0.0361 e. The van der Waals surface area contributed by atoms with Crippen LogP contribution in [0, 0.1) is 6.92 Å². The van der Waals surface area contributed by atoms with Crippen molar-refractivity contribution in [2.75, 3.05) is 0 Å². The first-order valence-electron chi connectivity index (χ1n) is 12.3. The monoisotopic (exact) mass is 476 g/mol. The van der Waals surface area contributed by atoms with Crippen molar-refractivity contribution in [3.63, 3.8) is 0 Å². The topological polar surface area (TPSA) is 0 Å². The van der Waals surface area contributed by atoms with Gasteiger partial charge in [-0.05, 0) is 87.5 Å². The number of thiophene rings is 1. The van der Waals surface area contributed by atoms with Gasteiger partial charge in [0.2, 0.25) is 0 Å². The lowest BCUT2D eigenvalue weighted by Gasteiger charge is -2.09. The van der Waals surface area contributed by atoms with Crippen LogP contribution in [0.1, 0.15) is 5.56 Å². The fraction of sp³-hybridized carbons (Fsp3) is 0.0286. The molecule has 0 N–H and O–H groups in total. The molecule has 170 valence electrons. The summed E-state index contributed by atoms with van der Waals surface area (Å²) in [5.41, 5.74) is 8.77. The molecule has 0 spiro atoms. The van der Waals surface area contributed by atoms with E-state index in [1.807, 2.05) is 11.3 Å². The number of fused-ring (bicyclic) bond motifs is 4. The number of rotatable bonds is 3. The maximum absolute atomic E-state index is 2.37. The van der Waals surface area contributed by atoms with E-state index in [9.17, 15) is 0 Å². The number of hydrogen-bond donors (Lipinski definition) is 0. The number of benzene rings is 6. The predicted octanol–water partition coefficient (Wildman–Crippen LogP) is 10.5. The molecule has 0 radical (unpaired) electrons. The van der Waals surface area contributed by atoms with Gasteiger partial charge < -0.3 is 0 Å². The fourth-order valence-electron chi connectivity index (χ4n) is 5.22. The number of aryl methyl sites for hydroxylation is 1. The van der Waals surface area contributed by atoms with Gasteiger partial charge in [0.05, 0.1) is 0 Å². The van der Waals surface area contributed by atoms with Crippen molar-refractivity contribution in [1.29, 1.82) is 0 Å². The Morgan fingerprint density at radius 3 is 1.56 bits per heavy atom. The minimum atomic E-state index is 1.24. The molecule has 7 rings (SSSR count). The Balaban J connectivity index is 1.31. The molecule has 0 bridgehead atoms. The van der Waals surface area contributed by atoms with E-state index >= 15 is 0 Å². The summed E-state index contributed by atoms with van der Waals surface area (Å²) in [7, 11) is 0. The highest BCUT2D eigenvalue weighted by atomic mass is 32.1. The quantitative estimate of drug-likeness (QED) is 0.238. The molecule has 6 aromatic carbocycles. The van der Waals surface area contributed by atoms with Crippen LogP contribution in [-0.2, 0) is 0 Å². The van der Waals surface area contributed by atoms with Crippen molar-refractivity contribution < 1.29 is 0 Å². The molecule has 0 nitrogen and oxygen atoms in total. The average molecular weight is 477 g/mol. The lowest BCUT2D eigenvalue weighted by molar-refractivity contribution is 1.47. The predicted molar refractivity (Wildman–Crippen MR) is 158 cm³/mol. The van der Waals surface area contributed by atoms with Crippen LogP contribution in [0.25, 0.3) is 64.3 Å². The zero-order valence-electron chi connectivity index (χ0n) is 20.0. The molecule has 0 amide bonds. The van der Waals surface area contributed by atoms with Crippen LogP contribution in [0.15, 0.2) is 127 Å². The van der Waals surface area contributed by atoms with E-state index in [0.717, 1.165) is 0 Å². The zero-order valence-corrected chi connectivity index (χ0v) is 20.8. The van der Waals surface area contributed by atoms with E-state index in [1.54, 1.807) is 0 Å². The molecule has 0 saturated carbocycles. The first-order chi connectivity index (χ1) is 17.7. The van der Waals surface area contributed by atoms with Crippen LogP contribution >= 0.6 is 11.3 Å². The minimum absolute atomic E-state index is 1.24.